The van der Waals surface area contributed by atoms with Crippen LogP contribution in [0.5, 0.6) is 0 Å². The second kappa shape index (κ2) is 12.8. The smallest absolute Gasteiger partial charge is 0.342 e. The van der Waals surface area contributed by atoms with Crippen LogP contribution in [0.25, 0.3) is 6.08 Å². The third-order valence-electron chi connectivity index (χ3n) is 4.20. The van der Waals surface area contributed by atoms with Crippen molar-refractivity contribution in [3.8, 4) is 0 Å². The Labute approximate surface area is 193 Å². The molecule has 0 atom stereocenters. The lowest BCUT2D eigenvalue weighted by Gasteiger charge is -2.15. The first-order valence-electron chi connectivity index (χ1n) is 9.70. The second-order valence-corrected chi connectivity index (χ2v) is 7.17. The van der Waals surface area contributed by atoms with Crippen LogP contribution in [0.1, 0.15) is 28.4 Å². The SMILES string of the molecule is C=Cc1ccccc1.CCOCOC(=O)c1ccccc1Nc1c(Cl)ccc(C)c1Cl. The first-order chi connectivity index (χ1) is 15.0. The summed E-state index contributed by atoms with van der Waals surface area (Å²) in [5.74, 6) is -0.485. The third kappa shape index (κ3) is 7.44. The third-order valence-corrected chi connectivity index (χ3v) is 5.01. The van der Waals surface area contributed by atoms with E-state index in [-0.39, 0.29) is 6.79 Å². The number of halogens is 2. The molecule has 0 fully saturated rings. The van der Waals surface area contributed by atoms with Crippen molar-refractivity contribution >= 4 is 46.6 Å². The molecule has 0 aliphatic rings. The highest BCUT2D eigenvalue weighted by atomic mass is 35.5. The number of esters is 1. The number of hydrogen-bond acceptors (Lipinski definition) is 4. The highest BCUT2D eigenvalue weighted by Gasteiger charge is 2.15. The molecule has 0 aromatic heterocycles. The van der Waals surface area contributed by atoms with E-state index in [1.807, 2.05) is 56.3 Å². The minimum atomic E-state index is -0.485. The van der Waals surface area contributed by atoms with E-state index in [0.717, 1.165) is 5.56 Å². The lowest BCUT2D eigenvalue weighted by atomic mass is 10.1. The molecule has 0 saturated carbocycles. The van der Waals surface area contributed by atoms with E-state index < -0.39 is 5.97 Å². The van der Waals surface area contributed by atoms with Crippen LogP contribution in [0.3, 0.4) is 0 Å². The molecule has 0 bridgehead atoms. The van der Waals surface area contributed by atoms with Gasteiger partial charge >= 0.3 is 5.97 Å². The van der Waals surface area contributed by atoms with Gasteiger partial charge in [0.1, 0.15) is 0 Å². The largest absolute Gasteiger partial charge is 0.435 e. The zero-order chi connectivity index (χ0) is 22.6. The topological polar surface area (TPSA) is 47.6 Å². The van der Waals surface area contributed by atoms with E-state index in [9.17, 15) is 4.79 Å². The average molecular weight is 458 g/mol. The van der Waals surface area contributed by atoms with Gasteiger partial charge in [-0.1, -0.05) is 84.4 Å². The summed E-state index contributed by atoms with van der Waals surface area (Å²) in [5, 5.41) is 4.10. The van der Waals surface area contributed by atoms with E-state index in [4.69, 9.17) is 32.7 Å². The van der Waals surface area contributed by atoms with E-state index in [1.54, 1.807) is 30.3 Å². The van der Waals surface area contributed by atoms with Crippen LogP contribution in [0, 0.1) is 6.92 Å². The Morgan fingerprint density at radius 2 is 1.71 bits per heavy atom. The van der Waals surface area contributed by atoms with Crippen molar-refractivity contribution in [2.24, 2.45) is 0 Å². The molecule has 0 unspecified atom stereocenters. The fraction of sp³-hybridized carbons (Fsp3) is 0.160. The number of para-hydroxylation sites is 1. The summed E-state index contributed by atoms with van der Waals surface area (Å²) < 4.78 is 10.1. The van der Waals surface area contributed by atoms with E-state index in [0.29, 0.717) is 33.6 Å². The Morgan fingerprint density at radius 1 is 1.03 bits per heavy atom. The summed E-state index contributed by atoms with van der Waals surface area (Å²) in [4.78, 5) is 12.2. The van der Waals surface area contributed by atoms with Crippen molar-refractivity contribution < 1.29 is 14.3 Å². The van der Waals surface area contributed by atoms with Gasteiger partial charge in [0, 0.05) is 6.61 Å². The normalized spacial score (nSPS) is 9.94. The van der Waals surface area contributed by atoms with Crippen molar-refractivity contribution in [3.05, 3.63) is 100 Å². The maximum absolute atomic E-state index is 12.2. The Morgan fingerprint density at radius 3 is 2.35 bits per heavy atom. The Hall–Kier alpha value is -2.79. The van der Waals surface area contributed by atoms with Gasteiger partial charge in [0.25, 0.3) is 0 Å². The molecule has 0 amide bonds. The molecule has 0 saturated heterocycles. The molecular formula is C25H25Cl2NO3. The van der Waals surface area contributed by atoms with Crippen LogP contribution >= 0.6 is 23.2 Å². The van der Waals surface area contributed by atoms with E-state index >= 15 is 0 Å². The molecule has 3 aromatic rings. The average Bonchev–Trinajstić information content (AvgIpc) is 2.80. The van der Waals surface area contributed by atoms with Gasteiger partial charge in [-0.2, -0.15) is 0 Å². The summed E-state index contributed by atoms with van der Waals surface area (Å²) in [6.45, 7) is 7.72. The van der Waals surface area contributed by atoms with Crippen molar-refractivity contribution in [1.82, 2.24) is 0 Å². The van der Waals surface area contributed by atoms with Gasteiger partial charge in [-0.05, 0) is 43.2 Å². The molecular weight excluding hydrogens is 433 g/mol. The van der Waals surface area contributed by atoms with Gasteiger partial charge in [-0.3, -0.25) is 0 Å². The lowest BCUT2D eigenvalue weighted by molar-refractivity contribution is -0.0273. The van der Waals surface area contributed by atoms with Gasteiger partial charge in [0.2, 0.25) is 0 Å². The highest BCUT2D eigenvalue weighted by Crippen LogP contribution is 2.36. The number of anilines is 2. The van der Waals surface area contributed by atoms with Crippen molar-refractivity contribution in [2.75, 3.05) is 18.7 Å². The fourth-order valence-electron chi connectivity index (χ4n) is 2.52. The number of carbonyl (C=O) groups excluding carboxylic acids is 1. The maximum Gasteiger partial charge on any atom is 0.342 e. The summed E-state index contributed by atoms with van der Waals surface area (Å²) in [5.41, 5.74) is 3.55. The molecule has 3 rings (SSSR count). The van der Waals surface area contributed by atoms with Gasteiger partial charge in [0.05, 0.1) is 27.0 Å². The number of hydrogen-bond donors (Lipinski definition) is 1. The second-order valence-electron chi connectivity index (χ2n) is 6.38. The van der Waals surface area contributed by atoms with Gasteiger partial charge in [-0.25, -0.2) is 4.79 Å². The minimum Gasteiger partial charge on any atom is -0.435 e. The van der Waals surface area contributed by atoms with Gasteiger partial charge < -0.3 is 14.8 Å². The van der Waals surface area contributed by atoms with Crippen molar-refractivity contribution in [2.45, 2.75) is 13.8 Å². The zero-order valence-electron chi connectivity index (χ0n) is 17.5. The standard InChI is InChI=1S/C17H17Cl2NO3.C8H8/c1-3-22-10-23-17(21)12-6-4-5-7-14(12)20-16-13(18)9-8-11(2)15(16)19;1-2-8-6-4-3-5-7-8/h4-9,20H,3,10H2,1-2H3;2-7H,1H2. The molecule has 6 heteroatoms. The molecule has 3 aromatic carbocycles. The predicted octanol–water partition coefficient (Wildman–Crippen LogP) is 7.53. The number of aryl methyl sites for hydroxylation is 1. The van der Waals surface area contributed by atoms with E-state index in [2.05, 4.69) is 11.9 Å². The number of ether oxygens (including phenoxy) is 2. The molecule has 1 N–H and O–H groups in total. The predicted molar refractivity (Wildman–Crippen MR) is 129 cm³/mol. The number of benzene rings is 3. The van der Waals surface area contributed by atoms with Crippen LogP contribution in [0.15, 0.2) is 73.3 Å². The highest BCUT2D eigenvalue weighted by molar-refractivity contribution is 6.39. The summed E-state index contributed by atoms with van der Waals surface area (Å²) in [6.07, 6.45) is 1.83. The van der Waals surface area contributed by atoms with Crippen molar-refractivity contribution in [3.63, 3.8) is 0 Å². The molecule has 0 aliphatic carbocycles. The molecule has 4 nitrogen and oxygen atoms in total. The first-order valence-corrected chi connectivity index (χ1v) is 10.5. The number of nitrogens with one attached hydrogen (secondary N) is 1. The molecule has 0 radical (unpaired) electrons. The van der Waals surface area contributed by atoms with Crippen LogP contribution in [0.4, 0.5) is 11.4 Å². The summed E-state index contributed by atoms with van der Waals surface area (Å²) in [6, 6.07) is 20.6. The fourth-order valence-corrected chi connectivity index (χ4v) is 2.99. The Balaban J connectivity index is 0.000000357. The van der Waals surface area contributed by atoms with Gasteiger partial charge in [0.15, 0.2) is 6.79 Å². The monoisotopic (exact) mass is 457 g/mol. The minimum absolute atomic E-state index is 0.0877. The molecule has 31 heavy (non-hydrogen) atoms. The molecule has 0 aliphatic heterocycles. The van der Waals surface area contributed by atoms with Crippen molar-refractivity contribution in [1.29, 1.82) is 0 Å². The van der Waals surface area contributed by atoms with Gasteiger partial charge in [-0.15, -0.1) is 0 Å². The number of rotatable bonds is 7. The molecule has 0 spiro atoms. The molecule has 162 valence electrons. The quantitative estimate of drug-likeness (QED) is 0.226. The molecule has 0 heterocycles. The maximum atomic E-state index is 12.2. The van der Waals surface area contributed by atoms with Crippen LogP contribution in [-0.4, -0.2) is 19.4 Å². The number of carbonyl (C=O) groups is 1. The Bertz CT molecular complexity index is 1010. The van der Waals surface area contributed by atoms with Crippen LogP contribution in [-0.2, 0) is 9.47 Å². The first kappa shape index (κ1) is 24.5. The Kier molecular flexibility index (Phi) is 10.1. The zero-order valence-corrected chi connectivity index (χ0v) is 19.0. The summed E-state index contributed by atoms with van der Waals surface area (Å²) >= 11 is 12.5. The summed E-state index contributed by atoms with van der Waals surface area (Å²) in [7, 11) is 0. The lowest BCUT2D eigenvalue weighted by Crippen LogP contribution is -2.11. The van der Waals surface area contributed by atoms with Crippen LogP contribution < -0.4 is 5.32 Å². The van der Waals surface area contributed by atoms with E-state index in [1.165, 1.54) is 5.56 Å². The van der Waals surface area contributed by atoms with Crippen LogP contribution in [0.2, 0.25) is 10.0 Å².